The zero-order valence-electron chi connectivity index (χ0n) is 28.7. The molecule has 0 N–H and O–H groups in total. The highest BCUT2D eigenvalue weighted by atomic mass is 28.4. The summed E-state index contributed by atoms with van der Waals surface area (Å²) in [5, 5.41) is 0. The van der Waals surface area contributed by atoms with E-state index in [4.69, 9.17) is 32.2 Å². The lowest BCUT2D eigenvalue weighted by molar-refractivity contribution is 0.0695. The van der Waals surface area contributed by atoms with Crippen LogP contribution in [0.4, 0.5) is 35.1 Å². The Kier molecular flexibility index (Phi) is 17.7. The molecule has 1 unspecified atom stereocenters. The zero-order chi connectivity index (χ0) is 36.7. The van der Waals surface area contributed by atoms with Crippen molar-refractivity contribution in [1.82, 2.24) is 0 Å². The molecule has 1 fully saturated rings. The van der Waals surface area contributed by atoms with Gasteiger partial charge in [0, 0.05) is 32.5 Å². The van der Waals surface area contributed by atoms with Gasteiger partial charge in [-0.3, -0.25) is 0 Å². The lowest BCUT2D eigenvalue weighted by Gasteiger charge is -2.28. The smallest absolute Gasteiger partial charge is 0.487 e. The second kappa shape index (κ2) is 21.1. The first kappa shape index (κ1) is 41.9. The summed E-state index contributed by atoms with van der Waals surface area (Å²) in [5.74, 6) is -20.7. The van der Waals surface area contributed by atoms with Gasteiger partial charge >= 0.3 is 8.80 Å². The fourth-order valence-corrected chi connectivity index (χ4v) is 7.88. The van der Waals surface area contributed by atoms with Gasteiger partial charge < -0.3 is 32.2 Å². The van der Waals surface area contributed by atoms with E-state index in [2.05, 4.69) is 0 Å². The maximum atomic E-state index is 15.1. The molecular weight excluding hydrogens is 700 g/mol. The normalized spacial score (nSPS) is 14.4. The van der Waals surface area contributed by atoms with Crippen LogP contribution in [0.15, 0.2) is 0 Å². The number of unbranched alkanes of at least 4 members (excludes halogenated alkanes) is 7. The molecule has 1 atom stereocenters. The van der Waals surface area contributed by atoms with Crippen molar-refractivity contribution >= 4 is 8.80 Å². The maximum absolute atomic E-state index is 15.1. The fraction of sp³-hybridized carbons (Fsp3) is 0.647. The molecular formula is C34H46F8O7Si. The van der Waals surface area contributed by atoms with Gasteiger partial charge in [-0.2, -0.15) is 17.6 Å². The summed E-state index contributed by atoms with van der Waals surface area (Å²) in [6.45, 7) is 7.20. The Morgan fingerprint density at radius 3 is 1.26 bits per heavy atom. The third-order valence-corrected chi connectivity index (χ3v) is 10.9. The molecule has 1 saturated heterocycles. The Bertz CT molecular complexity index is 1290. The van der Waals surface area contributed by atoms with Gasteiger partial charge in [-0.25, -0.2) is 17.6 Å². The Balaban J connectivity index is 1.58. The molecule has 0 saturated carbocycles. The summed E-state index contributed by atoms with van der Waals surface area (Å²) in [6.07, 6.45) is 6.84. The summed E-state index contributed by atoms with van der Waals surface area (Å²) in [5.41, 5.74) is -3.96. The van der Waals surface area contributed by atoms with E-state index in [0.717, 1.165) is 45.1 Å². The van der Waals surface area contributed by atoms with E-state index < -0.39 is 84.6 Å². The quantitative estimate of drug-likeness (QED) is 0.0313. The molecule has 0 aliphatic carbocycles. The second-order valence-electron chi connectivity index (χ2n) is 11.6. The van der Waals surface area contributed by atoms with Crippen LogP contribution in [0.1, 0.15) is 78.6 Å². The van der Waals surface area contributed by atoms with Gasteiger partial charge in [0.1, 0.15) is 6.10 Å². The molecule has 7 nitrogen and oxygen atoms in total. The van der Waals surface area contributed by atoms with E-state index in [1.807, 2.05) is 0 Å². The van der Waals surface area contributed by atoms with Crippen LogP contribution >= 0.6 is 0 Å². The lowest BCUT2D eigenvalue weighted by Crippen LogP contribution is -2.46. The van der Waals surface area contributed by atoms with Gasteiger partial charge in [-0.1, -0.05) is 38.5 Å². The first-order chi connectivity index (χ1) is 24.0. The fourth-order valence-electron chi connectivity index (χ4n) is 5.30. The molecule has 0 aromatic heterocycles. The summed E-state index contributed by atoms with van der Waals surface area (Å²) >= 11 is 0. The molecule has 0 radical (unpaired) electrons. The molecule has 1 heterocycles. The van der Waals surface area contributed by atoms with Gasteiger partial charge in [0.05, 0.1) is 37.6 Å². The average Bonchev–Trinajstić information content (AvgIpc) is 3.92. The van der Waals surface area contributed by atoms with E-state index in [1.54, 1.807) is 20.8 Å². The molecule has 284 valence electrons. The van der Waals surface area contributed by atoms with Crippen molar-refractivity contribution in [3.63, 3.8) is 0 Å². The minimum atomic E-state index is -3.18. The molecule has 50 heavy (non-hydrogen) atoms. The molecule has 1 aliphatic heterocycles. The molecule has 0 amide bonds. The van der Waals surface area contributed by atoms with Gasteiger partial charge in [-0.05, 0) is 40.0 Å². The van der Waals surface area contributed by atoms with Crippen molar-refractivity contribution in [1.29, 1.82) is 0 Å². The Morgan fingerprint density at radius 2 is 0.880 bits per heavy atom. The highest BCUT2D eigenvalue weighted by molar-refractivity contribution is 6.60. The minimum Gasteiger partial charge on any atom is -0.487 e. The highest BCUT2D eigenvalue weighted by Gasteiger charge is 2.40. The number of hydrogen-bond acceptors (Lipinski definition) is 7. The first-order valence-corrected chi connectivity index (χ1v) is 19.1. The van der Waals surface area contributed by atoms with E-state index in [0.29, 0.717) is 26.1 Å². The van der Waals surface area contributed by atoms with Crippen LogP contribution in [0.25, 0.3) is 11.1 Å². The number of benzene rings is 2. The predicted octanol–water partition coefficient (Wildman–Crippen LogP) is 9.20. The van der Waals surface area contributed by atoms with Gasteiger partial charge in [0.25, 0.3) is 0 Å². The van der Waals surface area contributed by atoms with Crippen molar-refractivity contribution < 1.29 is 67.3 Å². The van der Waals surface area contributed by atoms with Crippen molar-refractivity contribution in [2.45, 2.75) is 90.7 Å². The maximum Gasteiger partial charge on any atom is 0.501 e. The van der Waals surface area contributed by atoms with Gasteiger partial charge in [0.15, 0.2) is 34.8 Å². The van der Waals surface area contributed by atoms with E-state index >= 15 is 17.6 Å². The minimum absolute atomic E-state index is 0.0186. The van der Waals surface area contributed by atoms with Gasteiger partial charge in [-0.15, -0.1) is 0 Å². The number of ether oxygens (including phenoxy) is 4. The largest absolute Gasteiger partial charge is 0.501 e. The van der Waals surface area contributed by atoms with Gasteiger partial charge in [0.2, 0.25) is 23.3 Å². The van der Waals surface area contributed by atoms with Crippen LogP contribution < -0.4 is 9.47 Å². The highest BCUT2D eigenvalue weighted by Crippen LogP contribution is 2.42. The monoisotopic (exact) mass is 746 g/mol. The molecule has 16 heteroatoms. The average molecular weight is 747 g/mol. The summed E-state index contributed by atoms with van der Waals surface area (Å²) in [6, 6.07) is 0.131. The summed E-state index contributed by atoms with van der Waals surface area (Å²) in [4.78, 5) is 0. The van der Waals surface area contributed by atoms with Crippen molar-refractivity contribution in [3.8, 4) is 22.6 Å². The van der Waals surface area contributed by atoms with Crippen LogP contribution in [0.5, 0.6) is 11.5 Å². The van der Waals surface area contributed by atoms with E-state index in [-0.39, 0.29) is 45.0 Å². The van der Waals surface area contributed by atoms with Crippen LogP contribution in [0, 0.1) is 46.5 Å². The molecule has 2 aromatic rings. The lowest BCUT2D eigenvalue weighted by atomic mass is 10.0. The molecule has 2 aromatic carbocycles. The first-order valence-electron chi connectivity index (χ1n) is 17.1. The summed E-state index contributed by atoms with van der Waals surface area (Å²) < 4.78 is 157. The SMILES string of the molecule is CCO[Si](CCCOc1c(F)c(F)c(-c2c(F)c(F)c(OCCCCCCCCCCOCC3CO3)c(F)c2F)c(F)c1F)(OCC)OCC. The van der Waals surface area contributed by atoms with E-state index in [1.165, 1.54) is 0 Å². The number of halogens is 8. The van der Waals surface area contributed by atoms with Crippen molar-refractivity contribution in [2.75, 3.05) is 52.9 Å². The van der Waals surface area contributed by atoms with Crippen molar-refractivity contribution in [2.24, 2.45) is 0 Å². The number of epoxide rings is 1. The molecule has 1 aliphatic rings. The molecule has 0 spiro atoms. The van der Waals surface area contributed by atoms with Crippen molar-refractivity contribution in [3.05, 3.63) is 46.5 Å². The Morgan fingerprint density at radius 1 is 0.520 bits per heavy atom. The van der Waals surface area contributed by atoms with Crippen LogP contribution in [0.3, 0.4) is 0 Å². The third kappa shape index (κ3) is 11.5. The van der Waals surface area contributed by atoms with E-state index in [9.17, 15) is 17.6 Å². The number of hydrogen-bond donors (Lipinski definition) is 0. The third-order valence-electron chi connectivity index (χ3n) is 7.80. The van der Waals surface area contributed by atoms with Crippen LogP contribution in [-0.4, -0.2) is 67.8 Å². The summed E-state index contributed by atoms with van der Waals surface area (Å²) in [7, 11) is -3.18. The topological polar surface area (TPSA) is 67.9 Å². The molecule has 3 rings (SSSR count). The standard InChI is InChI=1S/C34H46F8O7Si/c1-4-47-50(48-5-2,49-6-3)19-15-18-45-34-31(41)27(37)24(28(38)32(34)42)23-25(35)29(39)33(30(40)26(23)36)44-17-14-12-10-8-7-9-11-13-16-43-20-22-21-46-22/h22H,4-21H2,1-3H3. The van der Waals surface area contributed by atoms with Crippen LogP contribution in [0.2, 0.25) is 6.04 Å². The zero-order valence-corrected chi connectivity index (χ0v) is 29.7. The Labute approximate surface area is 288 Å². The number of rotatable bonds is 26. The predicted molar refractivity (Wildman–Crippen MR) is 170 cm³/mol. The van der Waals surface area contributed by atoms with Crippen LogP contribution in [-0.2, 0) is 22.8 Å². The molecule has 0 bridgehead atoms. The second-order valence-corrected chi connectivity index (χ2v) is 14.3. The Hall–Kier alpha value is -2.50.